The monoisotopic (exact) mass is 303 g/mol. The topological polar surface area (TPSA) is 67.8 Å². The molecule has 0 amide bonds. The smallest absolute Gasteiger partial charge is 0.293 e. The molecule has 0 atom stereocenters. The van der Waals surface area contributed by atoms with Crippen LogP contribution < -0.4 is 5.69 Å². The first-order chi connectivity index (χ1) is 10.1. The van der Waals surface area contributed by atoms with Crippen molar-refractivity contribution in [1.29, 1.82) is 0 Å². The minimum Gasteiger partial charge on any atom is -0.293 e. The van der Waals surface area contributed by atoms with E-state index in [1.807, 2.05) is 32.0 Å². The van der Waals surface area contributed by atoms with Gasteiger partial charge in [0.15, 0.2) is 10.9 Å². The number of carbonyl (C=O) groups is 1. The molecule has 3 rings (SSSR count). The fourth-order valence-electron chi connectivity index (χ4n) is 2.18. The van der Waals surface area contributed by atoms with E-state index in [1.54, 1.807) is 4.57 Å². The predicted octanol–water partition coefficient (Wildman–Crippen LogP) is 2.50. The standard InChI is InChI=1S/C15H17N3O2S/c1-9-3-4-11(7-10(9)2)13(19)8-21-15-17-16-14(20)18(15)12-5-6-12/h3-4,7,12H,5-6,8H2,1-2H3,(H,16,20). The molecule has 1 heterocycles. The fraction of sp³-hybridized carbons (Fsp3) is 0.400. The van der Waals surface area contributed by atoms with Crippen molar-refractivity contribution >= 4 is 17.5 Å². The van der Waals surface area contributed by atoms with E-state index >= 15 is 0 Å². The largest absolute Gasteiger partial charge is 0.344 e. The second-order valence-corrected chi connectivity index (χ2v) is 6.37. The van der Waals surface area contributed by atoms with Crippen LogP contribution in [0.25, 0.3) is 0 Å². The second-order valence-electron chi connectivity index (χ2n) is 5.42. The number of aryl methyl sites for hydroxylation is 2. The highest BCUT2D eigenvalue weighted by atomic mass is 32.2. The highest BCUT2D eigenvalue weighted by molar-refractivity contribution is 7.99. The highest BCUT2D eigenvalue weighted by Crippen LogP contribution is 2.36. The van der Waals surface area contributed by atoms with Crippen LogP contribution >= 0.6 is 11.8 Å². The molecule has 21 heavy (non-hydrogen) atoms. The van der Waals surface area contributed by atoms with Crippen LogP contribution in [0.1, 0.15) is 40.4 Å². The van der Waals surface area contributed by atoms with Gasteiger partial charge < -0.3 is 0 Å². The number of aromatic amines is 1. The second kappa shape index (κ2) is 5.52. The van der Waals surface area contributed by atoms with E-state index < -0.39 is 0 Å². The zero-order valence-corrected chi connectivity index (χ0v) is 12.9. The third kappa shape index (κ3) is 2.95. The molecular formula is C15H17N3O2S. The van der Waals surface area contributed by atoms with Crippen LogP contribution in [0.15, 0.2) is 28.2 Å². The zero-order valence-electron chi connectivity index (χ0n) is 12.0. The summed E-state index contributed by atoms with van der Waals surface area (Å²) in [5, 5.41) is 7.09. The van der Waals surface area contributed by atoms with Gasteiger partial charge in [-0.05, 0) is 43.9 Å². The third-order valence-corrected chi connectivity index (χ3v) is 4.70. The van der Waals surface area contributed by atoms with Crippen LogP contribution in [0.4, 0.5) is 0 Å². The summed E-state index contributed by atoms with van der Waals surface area (Å²) in [6, 6.07) is 5.98. The minimum absolute atomic E-state index is 0.0564. The first-order valence-electron chi connectivity index (χ1n) is 6.96. The minimum atomic E-state index is -0.182. The third-order valence-electron chi connectivity index (χ3n) is 3.75. The number of Topliss-reactive ketones (excluding diaryl/α,β-unsaturated/α-hetero) is 1. The lowest BCUT2D eigenvalue weighted by Gasteiger charge is -2.05. The van der Waals surface area contributed by atoms with Crippen molar-refractivity contribution in [3.8, 4) is 0 Å². The van der Waals surface area contributed by atoms with Crippen molar-refractivity contribution in [2.24, 2.45) is 0 Å². The van der Waals surface area contributed by atoms with E-state index in [4.69, 9.17) is 0 Å². The molecule has 0 radical (unpaired) electrons. The number of hydrogen-bond acceptors (Lipinski definition) is 4. The van der Waals surface area contributed by atoms with E-state index in [9.17, 15) is 9.59 Å². The van der Waals surface area contributed by atoms with Crippen molar-refractivity contribution < 1.29 is 4.79 Å². The molecule has 6 heteroatoms. The molecule has 1 aliphatic carbocycles. The summed E-state index contributed by atoms with van der Waals surface area (Å²) in [6.07, 6.45) is 2.02. The number of nitrogens with zero attached hydrogens (tertiary/aromatic N) is 2. The van der Waals surface area contributed by atoms with Gasteiger partial charge >= 0.3 is 5.69 Å². The molecule has 0 bridgehead atoms. The maximum Gasteiger partial charge on any atom is 0.344 e. The Labute approximate surface area is 126 Å². The molecule has 110 valence electrons. The van der Waals surface area contributed by atoms with Crippen molar-refractivity contribution in [2.45, 2.75) is 37.9 Å². The number of ketones is 1. The molecule has 1 aromatic carbocycles. The molecule has 1 aliphatic rings. The van der Waals surface area contributed by atoms with Crippen LogP contribution in [0.3, 0.4) is 0 Å². The van der Waals surface area contributed by atoms with Gasteiger partial charge in [-0.2, -0.15) is 0 Å². The average molecular weight is 303 g/mol. The number of benzene rings is 1. The molecule has 2 aromatic rings. The molecule has 0 saturated heterocycles. The van der Waals surface area contributed by atoms with Gasteiger partial charge in [0.1, 0.15) is 0 Å². The molecule has 1 fully saturated rings. The van der Waals surface area contributed by atoms with E-state index in [1.165, 1.54) is 17.3 Å². The Morgan fingerprint density at radius 1 is 1.38 bits per heavy atom. The Bertz CT molecular complexity index is 744. The lowest BCUT2D eigenvalue weighted by molar-refractivity contribution is 0.102. The Morgan fingerprint density at radius 3 is 2.81 bits per heavy atom. The van der Waals surface area contributed by atoms with Gasteiger partial charge in [0, 0.05) is 11.6 Å². The van der Waals surface area contributed by atoms with Crippen LogP contribution in [-0.2, 0) is 0 Å². The molecule has 1 saturated carbocycles. The lowest BCUT2D eigenvalue weighted by Crippen LogP contribution is -2.16. The first kappa shape index (κ1) is 14.1. The summed E-state index contributed by atoms with van der Waals surface area (Å²) < 4.78 is 1.67. The van der Waals surface area contributed by atoms with Crippen molar-refractivity contribution in [1.82, 2.24) is 14.8 Å². The Hall–Kier alpha value is -1.82. The number of carbonyl (C=O) groups excluding carboxylic acids is 1. The summed E-state index contributed by atoms with van der Waals surface area (Å²) in [6.45, 7) is 4.02. The normalized spacial score (nSPS) is 14.4. The Kier molecular flexibility index (Phi) is 3.71. The van der Waals surface area contributed by atoms with E-state index in [0.29, 0.717) is 16.5 Å². The first-order valence-corrected chi connectivity index (χ1v) is 7.95. The van der Waals surface area contributed by atoms with Gasteiger partial charge in [-0.3, -0.25) is 9.36 Å². The number of hydrogen-bond donors (Lipinski definition) is 1. The molecule has 0 unspecified atom stereocenters. The maximum absolute atomic E-state index is 12.2. The molecule has 5 nitrogen and oxygen atoms in total. The molecule has 0 spiro atoms. The fourth-order valence-corrected chi connectivity index (χ4v) is 3.08. The molecule has 0 aliphatic heterocycles. The van der Waals surface area contributed by atoms with Gasteiger partial charge in [-0.25, -0.2) is 9.89 Å². The van der Waals surface area contributed by atoms with E-state index in [2.05, 4.69) is 10.2 Å². The summed E-state index contributed by atoms with van der Waals surface area (Å²) in [5.41, 5.74) is 2.81. The lowest BCUT2D eigenvalue weighted by atomic mass is 10.0. The number of H-pyrrole nitrogens is 1. The SMILES string of the molecule is Cc1ccc(C(=O)CSc2n[nH]c(=O)n2C2CC2)cc1C. The van der Waals surface area contributed by atoms with Crippen molar-refractivity contribution in [3.05, 3.63) is 45.4 Å². The maximum atomic E-state index is 12.2. The molecular weight excluding hydrogens is 286 g/mol. The van der Waals surface area contributed by atoms with E-state index in [-0.39, 0.29) is 17.5 Å². The van der Waals surface area contributed by atoms with E-state index in [0.717, 1.165) is 18.4 Å². The summed E-state index contributed by atoms with van der Waals surface area (Å²) in [4.78, 5) is 23.9. The van der Waals surface area contributed by atoms with Crippen LogP contribution in [0.5, 0.6) is 0 Å². The highest BCUT2D eigenvalue weighted by Gasteiger charge is 2.28. The van der Waals surface area contributed by atoms with Gasteiger partial charge in [0.25, 0.3) is 0 Å². The number of nitrogens with one attached hydrogen (secondary N) is 1. The molecule has 1 aromatic heterocycles. The van der Waals surface area contributed by atoms with Gasteiger partial charge in [0.05, 0.1) is 5.75 Å². The van der Waals surface area contributed by atoms with Crippen molar-refractivity contribution in [2.75, 3.05) is 5.75 Å². The zero-order chi connectivity index (χ0) is 15.0. The predicted molar refractivity (Wildman–Crippen MR) is 82.1 cm³/mol. The van der Waals surface area contributed by atoms with Gasteiger partial charge in [0.2, 0.25) is 0 Å². The summed E-state index contributed by atoms with van der Waals surface area (Å²) >= 11 is 1.32. The van der Waals surface area contributed by atoms with Gasteiger partial charge in [-0.15, -0.1) is 5.10 Å². The Balaban J connectivity index is 1.71. The summed E-state index contributed by atoms with van der Waals surface area (Å²) in [7, 11) is 0. The number of thioether (sulfide) groups is 1. The quantitative estimate of drug-likeness (QED) is 0.680. The summed E-state index contributed by atoms with van der Waals surface area (Å²) in [5.74, 6) is 0.348. The van der Waals surface area contributed by atoms with Crippen LogP contribution in [0.2, 0.25) is 0 Å². The van der Waals surface area contributed by atoms with Crippen LogP contribution in [-0.4, -0.2) is 26.3 Å². The van der Waals surface area contributed by atoms with Crippen molar-refractivity contribution in [3.63, 3.8) is 0 Å². The molecule has 1 N–H and O–H groups in total. The van der Waals surface area contributed by atoms with Gasteiger partial charge in [-0.1, -0.05) is 23.9 Å². The van der Waals surface area contributed by atoms with Crippen LogP contribution in [0, 0.1) is 13.8 Å². The Morgan fingerprint density at radius 2 is 2.14 bits per heavy atom. The number of rotatable bonds is 5. The number of aromatic nitrogens is 3. The average Bonchev–Trinajstić information content (AvgIpc) is 3.23.